The Morgan fingerprint density at radius 3 is 2.67 bits per heavy atom. The van der Waals surface area contributed by atoms with Crippen LogP contribution in [0.25, 0.3) is 17.2 Å². The predicted octanol–water partition coefficient (Wildman–Crippen LogP) is 1.07. The maximum atomic E-state index is 11.9. The molecule has 1 aromatic carbocycles. The van der Waals surface area contributed by atoms with Crippen LogP contribution in [0.15, 0.2) is 51.1 Å². The van der Waals surface area contributed by atoms with E-state index in [1.807, 2.05) is 36.4 Å². The third-order valence-electron chi connectivity index (χ3n) is 3.55. The van der Waals surface area contributed by atoms with Gasteiger partial charge in [0.2, 0.25) is 5.95 Å². The normalized spacial score (nSPS) is 11.8. The number of aromatic nitrogens is 4. The number of imidazole rings is 1. The van der Waals surface area contributed by atoms with Gasteiger partial charge in [0.25, 0.3) is 5.56 Å². The zero-order valence-corrected chi connectivity index (χ0v) is 13.2. The van der Waals surface area contributed by atoms with Crippen molar-refractivity contribution in [3.8, 4) is 0 Å². The van der Waals surface area contributed by atoms with Gasteiger partial charge in [-0.05, 0) is 11.6 Å². The summed E-state index contributed by atoms with van der Waals surface area (Å²) in [5, 5.41) is 4.05. The highest BCUT2D eigenvalue weighted by Crippen LogP contribution is 2.12. The second kappa shape index (κ2) is 6.37. The highest BCUT2D eigenvalue weighted by molar-refractivity contribution is 5.79. The summed E-state index contributed by atoms with van der Waals surface area (Å²) in [5.74, 6) is 0.362. The standard InChI is InChI=1S/C16H16N6O2/c1-21-12-13(22(2)16(24)19-14(12)23)18-15(21)20-17-10-6-9-11-7-4-3-5-8-11/h3-10H,1-2H3,(H,18,20)(H,19,23,24)/b9-6+,17-10+. The predicted molar refractivity (Wildman–Crippen MR) is 94.2 cm³/mol. The van der Waals surface area contributed by atoms with Crippen LogP contribution in [0, 0.1) is 0 Å². The lowest BCUT2D eigenvalue weighted by Crippen LogP contribution is -2.29. The van der Waals surface area contributed by atoms with Crippen LogP contribution >= 0.6 is 0 Å². The van der Waals surface area contributed by atoms with E-state index in [4.69, 9.17) is 0 Å². The maximum absolute atomic E-state index is 11.9. The summed E-state index contributed by atoms with van der Waals surface area (Å²) >= 11 is 0. The molecular weight excluding hydrogens is 308 g/mol. The monoisotopic (exact) mass is 324 g/mol. The second-order valence-corrected chi connectivity index (χ2v) is 5.14. The van der Waals surface area contributed by atoms with Crippen molar-refractivity contribution >= 4 is 29.4 Å². The van der Waals surface area contributed by atoms with Gasteiger partial charge in [0.1, 0.15) is 0 Å². The van der Waals surface area contributed by atoms with Gasteiger partial charge in [-0.2, -0.15) is 10.1 Å². The number of hydrogen-bond donors (Lipinski definition) is 2. The minimum Gasteiger partial charge on any atom is -0.306 e. The molecule has 0 atom stereocenters. The SMILES string of the molecule is Cn1c(N/N=C/C=C/c2ccccc2)nc2c1c(=O)[nH]c(=O)n2C. The molecule has 0 saturated carbocycles. The van der Waals surface area contributed by atoms with Gasteiger partial charge < -0.3 is 4.57 Å². The Labute approximate surface area is 136 Å². The van der Waals surface area contributed by atoms with Crippen molar-refractivity contribution in [2.24, 2.45) is 19.2 Å². The molecule has 0 aliphatic heterocycles. The van der Waals surface area contributed by atoms with E-state index in [9.17, 15) is 9.59 Å². The molecule has 0 amide bonds. The molecule has 2 heterocycles. The molecule has 2 N–H and O–H groups in total. The van der Waals surface area contributed by atoms with Crippen molar-refractivity contribution in [3.05, 3.63) is 62.8 Å². The van der Waals surface area contributed by atoms with Gasteiger partial charge in [-0.15, -0.1) is 0 Å². The molecule has 2 aromatic heterocycles. The molecule has 0 aliphatic carbocycles. The average Bonchev–Trinajstić information content (AvgIpc) is 2.91. The summed E-state index contributed by atoms with van der Waals surface area (Å²) in [6.45, 7) is 0. The molecule has 0 aliphatic rings. The van der Waals surface area contributed by atoms with Crippen LogP contribution in [0.2, 0.25) is 0 Å². The molecule has 24 heavy (non-hydrogen) atoms. The van der Waals surface area contributed by atoms with Crippen LogP contribution in [-0.2, 0) is 14.1 Å². The molecule has 122 valence electrons. The van der Waals surface area contributed by atoms with E-state index in [1.54, 1.807) is 31.0 Å². The summed E-state index contributed by atoms with van der Waals surface area (Å²) in [7, 11) is 3.22. The lowest BCUT2D eigenvalue weighted by molar-refractivity contribution is 0.829. The molecule has 0 spiro atoms. The van der Waals surface area contributed by atoms with Crippen molar-refractivity contribution in [1.29, 1.82) is 0 Å². The number of allylic oxidation sites excluding steroid dienone is 1. The van der Waals surface area contributed by atoms with E-state index in [-0.39, 0.29) is 0 Å². The first-order chi connectivity index (χ1) is 11.6. The fourth-order valence-electron chi connectivity index (χ4n) is 2.26. The summed E-state index contributed by atoms with van der Waals surface area (Å²) in [5.41, 5.74) is 3.43. The van der Waals surface area contributed by atoms with E-state index in [0.717, 1.165) is 5.56 Å². The highest BCUT2D eigenvalue weighted by atomic mass is 16.2. The molecule has 8 heteroatoms. The van der Waals surface area contributed by atoms with Gasteiger partial charge in [0.05, 0.1) is 0 Å². The molecule has 3 rings (SSSR count). The number of aryl methyl sites for hydroxylation is 2. The molecule has 0 unspecified atom stereocenters. The van der Waals surface area contributed by atoms with Gasteiger partial charge in [-0.1, -0.05) is 36.4 Å². The van der Waals surface area contributed by atoms with Gasteiger partial charge in [-0.25, -0.2) is 10.2 Å². The van der Waals surface area contributed by atoms with Crippen LogP contribution in [-0.4, -0.2) is 25.3 Å². The van der Waals surface area contributed by atoms with E-state index in [2.05, 4.69) is 20.5 Å². The van der Waals surface area contributed by atoms with Gasteiger partial charge in [-0.3, -0.25) is 14.3 Å². The minimum atomic E-state index is -0.508. The molecule has 0 bridgehead atoms. The molecular formula is C16H16N6O2. The number of aromatic amines is 1. The Balaban J connectivity index is 1.82. The summed E-state index contributed by atoms with van der Waals surface area (Å²) < 4.78 is 2.83. The Hall–Kier alpha value is -3.42. The van der Waals surface area contributed by atoms with Crippen molar-refractivity contribution < 1.29 is 0 Å². The molecule has 0 radical (unpaired) electrons. The third kappa shape index (κ3) is 2.89. The maximum Gasteiger partial charge on any atom is 0.329 e. The smallest absolute Gasteiger partial charge is 0.306 e. The van der Waals surface area contributed by atoms with Crippen LogP contribution in [0.3, 0.4) is 0 Å². The first-order valence-corrected chi connectivity index (χ1v) is 7.24. The number of benzene rings is 1. The minimum absolute atomic E-state index is 0.295. The number of hydrazone groups is 1. The Bertz CT molecular complexity index is 1040. The molecule has 3 aromatic rings. The Morgan fingerprint density at radius 1 is 1.17 bits per heavy atom. The lowest BCUT2D eigenvalue weighted by Gasteiger charge is -1.99. The average molecular weight is 324 g/mol. The zero-order chi connectivity index (χ0) is 17.1. The molecule has 8 nitrogen and oxygen atoms in total. The lowest BCUT2D eigenvalue weighted by atomic mass is 10.2. The van der Waals surface area contributed by atoms with Crippen molar-refractivity contribution in [1.82, 2.24) is 19.1 Å². The van der Waals surface area contributed by atoms with Gasteiger partial charge in [0, 0.05) is 20.3 Å². The van der Waals surface area contributed by atoms with Crippen molar-refractivity contribution in [2.75, 3.05) is 5.43 Å². The molecule has 0 saturated heterocycles. The van der Waals surface area contributed by atoms with Crippen LogP contribution in [0.4, 0.5) is 5.95 Å². The van der Waals surface area contributed by atoms with Gasteiger partial charge >= 0.3 is 5.69 Å². The Kier molecular flexibility index (Phi) is 4.11. The van der Waals surface area contributed by atoms with Crippen molar-refractivity contribution in [3.63, 3.8) is 0 Å². The summed E-state index contributed by atoms with van der Waals surface area (Å²) in [6, 6.07) is 9.83. The fraction of sp³-hybridized carbons (Fsp3) is 0.125. The summed E-state index contributed by atoms with van der Waals surface area (Å²) in [6.07, 6.45) is 5.28. The number of rotatable bonds is 4. The van der Waals surface area contributed by atoms with E-state index in [0.29, 0.717) is 17.1 Å². The number of fused-ring (bicyclic) bond motifs is 1. The second-order valence-electron chi connectivity index (χ2n) is 5.14. The van der Waals surface area contributed by atoms with E-state index in [1.165, 1.54) is 4.57 Å². The number of hydrogen-bond acceptors (Lipinski definition) is 5. The zero-order valence-electron chi connectivity index (χ0n) is 13.2. The molecule has 0 fully saturated rings. The van der Waals surface area contributed by atoms with Gasteiger partial charge in [0.15, 0.2) is 11.2 Å². The first kappa shape index (κ1) is 15.5. The topological polar surface area (TPSA) is 97.1 Å². The van der Waals surface area contributed by atoms with Crippen LogP contribution in [0.1, 0.15) is 5.56 Å². The number of nitrogens with one attached hydrogen (secondary N) is 2. The first-order valence-electron chi connectivity index (χ1n) is 7.24. The third-order valence-corrected chi connectivity index (χ3v) is 3.55. The van der Waals surface area contributed by atoms with Crippen molar-refractivity contribution in [2.45, 2.75) is 0 Å². The number of nitrogens with zero attached hydrogens (tertiary/aromatic N) is 4. The fourth-order valence-corrected chi connectivity index (χ4v) is 2.26. The number of anilines is 1. The van der Waals surface area contributed by atoms with E-state index >= 15 is 0 Å². The van der Waals surface area contributed by atoms with Crippen LogP contribution in [0.5, 0.6) is 0 Å². The van der Waals surface area contributed by atoms with E-state index < -0.39 is 11.2 Å². The largest absolute Gasteiger partial charge is 0.329 e. The quantitative estimate of drug-likeness (QED) is 0.554. The highest BCUT2D eigenvalue weighted by Gasteiger charge is 2.14. The number of H-pyrrole nitrogens is 1. The summed E-state index contributed by atoms with van der Waals surface area (Å²) in [4.78, 5) is 30.0. The van der Waals surface area contributed by atoms with Crippen LogP contribution < -0.4 is 16.7 Å². The Morgan fingerprint density at radius 2 is 1.92 bits per heavy atom.